The number of amides is 1. The van der Waals surface area contributed by atoms with Crippen LogP contribution in [0.4, 0.5) is 5.69 Å². The van der Waals surface area contributed by atoms with E-state index in [0.717, 1.165) is 44.7 Å². The minimum absolute atomic E-state index is 0.298. The van der Waals surface area contributed by atoms with Crippen LogP contribution in [0.5, 0.6) is 0 Å². The van der Waals surface area contributed by atoms with Gasteiger partial charge in [-0.3, -0.25) is 4.79 Å². The van der Waals surface area contributed by atoms with Crippen molar-refractivity contribution in [3.8, 4) is 0 Å². The summed E-state index contributed by atoms with van der Waals surface area (Å²) in [5.41, 5.74) is 1.08. The maximum Gasteiger partial charge on any atom is 0.225 e. The zero-order valence-electron chi connectivity index (χ0n) is 11.3. The van der Waals surface area contributed by atoms with Crippen LogP contribution in [-0.2, 0) is 4.79 Å². The van der Waals surface area contributed by atoms with Gasteiger partial charge in [0.25, 0.3) is 0 Å². The number of hydrogen-bond donors (Lipinski definition) is 0. The molecule has 3 nitrogen and oxygen atoms in total. The van der Waals surface area contributed by atoms with Gasteiger partial charge in [-0.15, -0.1) is 0 Å². The monoisotopic (exact) mass is 312 g/mol. The molecular formula is C15H18Cl2N2O. The van der Waals surface area contributed by atoms with E-state index >= 15 is 0 Å². The molecule has 0 aromatic heterocycles. The van der Waals surface area contributed by atoms with Gasteiger partial charge in [0.2, 0.25) is 5.91 Å². The second-order valence-corrected chi connectivity index (χ2v) is 6.35. The molecule has 1 saturated carbocycles. The Hall–Kier alpha value is -0.930. The largest absolute Gasteiger partial charge is 0.368 e. The van der Waals surface area contributed by atoms with Gasteiger partial charge in [0.15, 0.2) is 0 Å². The van der Waals surface area contributed by atoms with E-state index in [2.05, 4.69) is 4.90 Å². The van der Waals surface area contributed by atoms with Gasteiger partial charge in [0, 0.05) is 37.8 Å². The molecule has 20 heavy (non-hydrogen) atoms. The molecule has 2 fully saturated rings. The van der Waals surface area contributed by atoms with Crippen molar-refractivity contribution >= 4 is 34.8 Å². The molecule has 1 saturated heterocycles. The van der Waals surface area contributed by atoms with Gasteiger partial charge in [-0.2, -0.15) is 0 Å². The summed E-state index contributed by atoms with van der Waals surface area (Å²) >= 11 is 12.0. The number of anilines is 1. The molecule has 108 valence electrons. The number of carbonyl (C=O) groups excluding carboxylic acids is 1. The lowest BCUT2D eigenvalue weighted by Crippen LogP contribution is -2.51. The molecule has 3 rings (SSSR count). The lowest BCUT2D eigenvalue weighted by Gasteiger charge is -2.39. The predicted octanol–water partition coefficient (Wildman–Crippen LogP) is 3.44. The van der Waals surface area contributed by atoms with Crippen LogP contribution in [0, 0.1) is 5.92 Å². The number of nitrogens with zero attached hydrogens (tertiary/aromatic N) is 2. The molecule has 0 N–H and O–H groups in total. The number of carbonyl (C=O) groups is 1. The molecule has 1 aromatic carbocycles. The van der Waals surface area contributed by atoms with Crippen LogP contribution in [0.1, 0.15) is 19.3 Å². The van der Waals surface area contributed by atoms with Crippen molar-refractivity contribution in [3.05, 3.63) is 28.2 Å². The highest BCUT2D eigenvalue weighted by Crippen LogP contribution is 2.30. The van der Waals surface area contributed by atoms with Crippen LogP contribution < -0.4 is 4.90 Å². The predicted molar refractivity (Wildman–Crippen MR) is 82.6 cm³/mol. The fraction of sp³-hybridized carbons (Fsp3) is 0.533. The summed E-state index contributed by atoms with van der Waals surface area (Å²) in [5, 5.41) is 1.16. The highest BCUT2D eigenvalue weighted by atomic mass is 35.5. The summed E-state index contributed by atoms with van der Waals surface area (Å²) in [5.74, 6) is 0.650. The number of hydrogen-bond acceptors (Lipinski definition) is 2. The minimum atomic E-state index is 0.298. The van der Waals surface area contributed by atoms with Gasteiger partial charge < -0.3 is 9.80 Å². The lowest BCUT2D eigenvalue weighted by atomic mass is 9.84. The van der Waals surface area contributed by atoms with Gasteiger partial charge in [-0.05, 0) is 31.0 Å². The standard InChI is InChI=1S/C15H18Cl2N2O/c16-13-5-4-12(10-14(13)17)18-6-8-19(9-7-18)15(20)11-2-1-3-11/h4-5,10-11H,1-3,6-9H2. The Balaban J connectivity index is 1.60. The van der Waals surface area contributed by atoms with E-state index in [0.29, 0.717) is 21.9 Å². The van der Waals surface area contributed by atoms with Crippen LogP contribution in [0.15, 0.2) is 18.2 Å². The average molecular weight is 313 g/mol. The van der Waals surface area contributed by atoms with Crippen molar-refractivity contribution in [2.75, 3.05) is 31.1 Å². The van der Waals surface area contributed by atoms with Crippen molar-refractivity contribution in [2.24, 2.45) is 5.92 Å². The van der Waals surface area contributed by atoms with Crippen LogP contribution in [0.25, 0.3) is 0 Å². The van der Waals surface area contributed by atoms with Crippen LogP contribution in [-0.4, -0.2) is 37.0 Å². The highest BCUT2D eigenvalue weighted by molar-refractivity contribution is 6.42. The molecule has 1 aliphatic heterocycles. The Morgan fingerprint density at radius 1 is 1.05 bits per heavy atom. The average Bonchev–Trinajstić information content (AvgIpc) is 2.40. The highest BCUT2D eigenvalue weighted by Gasteiger charge is 2.31. The van der Waals surface area contributed by atoms with E-state index in [1.807, 2.05) is 23.1 Å². The second kappa shape index (κ2) is 5.82. The van der Waals surface area contributed by atoms with Crippen molar-refractivity contribution in [2.45, 2.75) is 19.3 Å². The molecule has 2 aliphatic rings. The first kappa shape index (κ1) is 14.0. The van der Waals surface area contributed by atoms with Gasteiger partial charge in [-0.25, -0.2) is 0 Å². The summed E-state index contributed by atoms with van der Waals surface area (Å²) in [7, 11) is 0. The normalized spacial score (nSPS) is 19.9. The molecule has 1 aromatic rings. The Labute approximate surface area is 129 Å². The molecule has 1 aliphatic carbocycles. The Bertz CT molecular complexity index is 509. The summed E-state index contributed by atoms with van der Waals surface area (Å²) in [6.07, 6.45) is 3.36. The molecule has 0 bridgehead atoms. The molecule has 1 amide bonds. The fourth-order valence-electron chi connectivity index (χ4n) is 2.78. The third-order valence-electron chi connectivity index (χ3n) is 4.31. The van der Waals surface area contributed by atoms with Gasteiger partial charge >= 0.3 is 0 Å². The zero-order valence-corrected chi connectivity index (χ0v) is 12.8. The quantitative estimate of drug-likeness (QED) is 0.835. The maximum atomic E-state index is 12.2. The minimum Gasteiger partial charge on any atom is -0.368 e. The SMILES string of the molecule is O=C(C1CCC1)N1CCN(c2ccc(Cl)c(Cl)c2)CC1. The van der Waals surface area contributed by atoms with E-state index in [1.165, 1.54) is 6.42 Å². The maximum absolute atomic E-state index is 12.2. The van der Waals surface area contributed by atoms with E-state index in [-0.39, 0.29) is 0 Å². The fourth-order valence-corrected chi connectivity index (χ4v) is 3.07. The summed E-state index contributed by atoms with van der Waals surface area (Å²) < 4.78 is 0. The summed E-state index contributed by atoms with van der Waals surface area (Å²) in [6.45, 7) is 3.32. The first-order valence-electron chi connectivity index (χ1n) is 7.14. The van der Waals surface area contributed by atoms with Crippen LogP contribution >= 0.6 is 23.2 Å². The molecule has 5 heteroatoms. The van der Waals surface area contributed by atoms with Gasteiger partial charge in [-0.1, -0.05) is 29.6 Å². The van der Waals surface area contributed by atoms with Crippen LogP contribution in [0.3, 0.4) is 0 Å². The molecule has 0 atom stereocenters. The van der Waals surface area contributed by atoms with Gasteiger partial charge in [0.05, 0.1) is 10.0 Å². The smallest absolute Gasteiger partial charge is 0.225 e. The zero-order chi connectivity index (χ0) is 14.1. The number of halogens is 2. The number of benzene rings is 1. The topological polar surface area (TPSA) is 23.6 Å². The molecule has 0 spiro atoms. The van der Waals surface area contributed by atoms with Crippen molar-refractivity contribution < 1.29 is 4.79 Å². The number of piperazine rings is 1. The summed E-state index contributed by atoms with van der Waals surface area (Å²) in [6, 6.07) is 5.70. The Morgan fingerprint density at radius 2 is 1.75 bits per heavy atom. The van der Waals surface area contributed by atoms with E-state index < -0.39 is 0 Å². The van der Waals surface area contributed by atoms with Crippen molar-refractivity contribution in [1.82, 2.24) is 4.90 Å². The lowest BCUT2D eigenvalue weighted by molar-refractivity contribution is -0.138. The number of rotatable bonds is 2. The first-order chi connectivity index (χ1) is 9.65. The molecular weight excluding hydrogens is 295 g/mol. The third kappa shape index (κ3) is 2.75. The molecule has 0 radical (unpaired) electrons. The third-order valence-corrected chi connectivity index (χ3v) is 5.05. The van der Waals surface area contributed by atoms with E-state index in [4.69, 9.17) is 23.2 Å². The molecule has 1 heterocycles. The van der Waals surface area contributed by atoms with E-state index in [9.17, 15) is 4.79 Å². The van der Waals surface area contributed by atoms with Crippen molar-refractivity contribution in [1.29, 1.82) is 0 Å². The molecule has 0 unspecified atom stereocenters. The van der Waals surface area contributed by atoms with Crippen LogP contribution in [0.2, 0.25) is 10.0 Å². The Kier molecular flexibility index (Phi) is 4.08. The van der Waals surface area contributed by atoms with Gasteiger partial charge in [0.1, 0.15) is 0 Å². The van der Waals surface area contributed by atoms with Crippen molar-refractivity contribution in [3.63, 3.8) is 0 Å². The summed E-state index contributed by atoms with van der Waals surface area (Å²) in [4.78, 5) is 16.5. The van der Waals surface area contributed by atoms with E-state index in [1.54, 1.807) is 0 Å². The Morgan fingerprint density at radius 3 is 2.30 bits per heavy atom. The second-order valence-electron chi connectivity index (χ2n) is 5.54. The first-order valence-corrected chi connectivity index (χ1v) is 7.89.